The van der Waals surface area contributed by atoms with Crippen molar-refractivity contribution in [2.75, 3.05) is 18.0 Å². The Morgan fingerprint density at radius 3 is 2.96 bits per heavy atom. The molecule has 0 spiro atoms. The number of nitrogens with two attached hydrogens (primary N) is 1. The fourth-order valence-corrected chi connectivity index (χ4v) is 2.78. The number of carbonyl (C=O) groups excluding carboxylic acids is 2. The molecule has 1 fully saturated rings. The van der Waals surface area contributed by atoms with E-state index < -0.39 is 5.91 Å². The molecule has 8 nitrogen and oxygen atoms in total. The van der Waals surface area contributed by atoms with E-state index in [-0.39, 0.29) is 36.8 Å². The first-order valence-electron chi connectivity index (χ1n) is 7.36. The topological polar surface area (TPSA) is 106 Å². The number of nitrogens with zero attached hydrogens (tertiary/aromatic N) is 4. The Labute approximate surface area is 143 Å². The number of hydrogen-bond acceptors (Lipinski definition) is 6. The van der Waals surface area contributed by atoms with Crippen molar-refractivity contribution in [3.63, 3.8) is 0 Å². The van der Waals surface area contributed by atoms with Crippen LogP contribution < -0.4 is 10.6 Å². The lowest BCUT2D eigenvalue weighted by molar-refractivity contribution is -0.122. The SMILES string of the molecule is C[C@H]1CN(c2cccc(Cl)c2)C(=O)CN1Cc1nc(C(N)=O)no1. The molecule has 24 heavy (non-hydrogen) atoms. The molecular weight excluding hydrogens is 334 g/mol. The Morgan fingerprint density at radius 1 is 1.50 bits per heavy atom. The summed E-state index contributed by atoms with van der Waals surface area (Å²) in [6.07, 6.45) is 0. The predicted molar refractivity (Wildman–Crippen MR) is 86.5 cm³/mol. The molecule has 2 aromatic rings. The quantitative estimate of drug-likeness (QED) is 0.884. The van der Waals surface area contributed by atoms with E-state index in [1.54, 1.807) is 17.0 Å². The van der Waals surface area contributed by atoms with Crippen LogP contribution in [0.15, 0.2) is 28.8 Å². The molecule has 1 aromatic heterocycles. The summed E-state index contributed by atoms with van der Waals surface area (Å²) in [5.74, 6) is -0.717. The van der Waals surface area contributed by atoms with E-state index in [1.807, 2.05) is 24.0 Å². The first-order valence-corrected chi connectivity index (χ1v) is 7.74. The van der Waals surface area contributed by atoms with Crippen LogP contribution in [0, 0.1) is 0 Å². The first kappa shape index (κ1) is 16.4. The molecule has 1 saturated heterocycles. The predicted octanol–water partition coefficient (Wildman–Crippen LogP) is 1.06. The summed E-state index contributed by atoms with van der Waals surface area (Å²) in [5.41, 5.74) is 5.87. The first-order chi connectivity index (χ1) is 11.4. The summed E-state index contributed by atoms with van der Waals surface area (Å²) in [6, 6.07) is 7.25. The van der Waals surface area contributed by atoms with Gasteiger partial charge in [0.15, 0.2) is 0 Å². The summed E-state index contributed by atoms with van der Waals surface area (Å²) in [5, 5.41) is 4.08. The van der Waals surface area contributed by atoms with Gasteiger partial charge in [0, 0.05) is 23.3 Å². The third-order valence-corrected chi connectivity index (χ3v) is 4.09. The maximum Gasteiger partial charge on any atom is 0.290 e. The Balaban J connectivity index is 1.71. The fraction of sp³-hybridized carbons (Fsp3) is 0.333. The third kappa shape index (κ3) is 3.39. The molecule has 0 saturated carbocycles. The zero-order valence-electron chi connectivity index (χ0n) is 13.0. The molecule has 9 heteroatoms. The van der Waals surface area contributed by atoms with Crippen LogP contribution in [0.3, 0.4) is 0 Å². The van der Waals surface area contributed by atoms with Crippen LogP contribution in [0.5, 0.6) is 0 Å². The maximum absolute atomic E-state index is 12.5. The van der Waals surface area contributed by atoms with Gasteiger partial charge in [-0.3, -0.25) is 14.5 Å². The van der Waals surface area contributed by atoms with Gasteiger partial charge in [-0.1, -0.05) is 22.8 Å². The molecule has 0 bridgehead atoms. The highest BCUT2D eigenvalue weighted by molar-refractivity contribution is 6.30. The van der Waals surface area contributed by atoms with Crippen molar-refractivity contribution in [2.24, 2.45) is 5.73 Å². The lowest BCUT2D eigenvalue weighted by atomic mass is 10.1. The van der Waals surface area contributed by atoms with Crippen LogP contribution >= 0.6 is 11.6 Å². The number of amides is 2. The highest BCUT2D eigenvalue weighted by Gasteiger charge is 2.31. The van der Waals surface area contributed by atoms with Crippen molar-refractivity contribution < 1.29 is 14.1 Å². The molecule has 3 rings (SSSR count). The standard InChI is InChI=1S/C15H16ClN5O3/c1-9-6-21(11-4-2-3-10(16)5-11)13(22)8-20(9)7-12-18-15(14(17)23)19-24-12/h2-5,9H,6-8H2,1H3,(H2,17,23)/t9-/m0/s1. The molecule has 1 aromatic carbocycles. The smallest absolute Gasteiger partial charge is 0.290 e. The van der Waals surface area contributed by atoms with Gasteiger partial charge in [0.05, 0.1) is 13.1 Å². The van der Waals surface area contributed by atoms with Gasteiger partial charge < -0.3 is 15.2 Å². The third-order valence-electron chi connectivity index (χ3n) is 3.86. The van der Waals surface area contributed by atoms with Gasteiger partial charge in [-0.2, -0.15) is 4.98 Å². The molecule has 0 unspecified atom stereocenters. The minimum Gasteiger partial charge on any atom is -0.363 e. The molecular formula is C15H16ClN5O3. The Morgan fingerprint density at radius 2 is 2.29 bits per heavy atom. The second-order valence-corrected chi connectivity index (χ2v) is 6.05. The maximum atomic E-state index is 12.5. The average molecular weight is 350 g/mol. The molecule has 2 heterocycles. The van der Waals surface area contributed by atoms with Crippen LogP contribution in [-0.4, -0.2) is 46.0 Å². The van der Waals surface area contributed by atoms with Crippen LogP contribution in [0.25, 0.3) is 0 Å². The lowest BCUT2D eigenvalue weighted by Gasteiger charge is -2.38. The summed E-state index contributed by atoms with van der Waals surface area (Å²) in [4.78, 5) is 31.0. The van der Waals surface area contributed by atoms with Gasteiger partial charge in [0.25, 0.3) is 11.7 Å². The van der Waals surface area contributed by atoms with Crippen LogP contribution in [-0.2, 0) is 11.3 Å². The second-order valence-electron chi connectivity index (χ2n) is 5.61. The van der Waals surface area contributed by atoms with Crippen LogP contribution in [0.1, 0.15) is 23.4 Å². The van der Waals surface area contributed by atoms with Crippen LogP contribution in [0.4, 0.5) is 5.69 Å². The van der Waals surface area contributed by atoms with Crippen molar-refractivity contribution in [2.45, 2.75) is 19.5 Å². The van der Waals surface area contributed by atoms with E-state index >= 15 is 0 Å². The molecule has 0 aliphatic carbocycles. The summed E-state index contributed by atoms with van der Waals surface area (Å²) in [7, 11) is 0. The summed E-state index contributed by atoms with van der Waals surface area (Å²) >= 11 is 6.00. The Bertz CT molecular complexity index is 778. The van der Waals surface area contributed by atoms with E-state index in [0.717, 1.165) is 5.69 Å². The van der Waals surface area contributed by atoms with E-state index in [2.05, 4.69) is 10.1 Å². The highest BCUT2D eigenvalue weighted by atomic mass is 35.5. The van der Waals surface area contributed by atoms with Crippen molar-refractivity contribution in [3.8, 4) is 0 Å². The number of primary amides is 1. The monoisotopic (exact) mass is 349 g/mol. The molecule has 2 N–H and O–H groups in total. The van der Waals surface area contributed by atoms with Crippen molar-refractivity contribution in [1.29, 1.82) is 0 Å². The van der Waals surface area contributed by atoms with Gasteiger partial charge in [-0.05, 0) is 25.1 Å². The number of anilines is 1. The lowest BCUT2D eigenvalue weighted by Crippen LogP contribution is -2.54. The van der Waals surface area contributed by atoms with E-state index in [1.165, 1.54) is 0 Å². The molecule has 2 amide bonds. The van der Waals surface area contributed by atoms with Gasteiger partial charge in [0.1, 0.15) is 0 Å². The van der Waals surface area contributed by atoms with Crippen molar-refractivity contribution in [3.05, 3.63) is 41.0 Å². The minimum atomic E-state index is -0.750. The fourth-order valence-electron chi connectivity index (χ4n) is 2.59. The average Bonchev–Trinajstić information content (AvgIpc) is 2.99. The van der Waals surface area contributed by atoms with Crippen molar-refractivity contribution in [1.82, 2.24) is 15.0 Å². The van der Waals surface area contributed by atoms with Gasteiger partial charge in [0.2, 0.25) is 11.8 Å². The van der Waals surface area contributed by atoms with Gasteiger partial charge in [-0.15, -0.1) is 0 Å². The molecule has 1 atom stereocenters. The van der Waals surface area contributed by atoms with Crippen molar-refractivity contribution >= 4 is 29.1 Å². The highest BCUT2D eigenvalue weighted by Crippen LogP contribution is 2.24. The van der Waals surface area contributed by atoms with E-state index in [0.29, 0.717) is 11.6 Å². The number of rotatable bonds is 4. The van der Waals surface area contributed by atoms with Crippen LogP contribution in [0.2, 0.25) is 5.02 Å². The minimum absolute atomic E-state index is 0.0509. The number of piperazine rings is 1. The van der Waals surface area contributed by atoms with E-state index in [4.69, 9.17) is 21.9 Å². The normalized spacial score (nSPS) is 18.8. The summed E-state index contributed by atoms with van der Waals surface area (Å²) in [6.45, 7) is 2.98. The second kappa shape index (κ2) is 6.58. The molecule has 1 aliphatic rings. The zero-order valence-corrected chi connectivity index (χ0v) is 13.7. The molecule has 1 aliphatic heterocycles. The van der Waals surface area contributed by atoms with Gasteiger partial charge >= 0.3 is 0 Å². The largest absolute Gasteiger partial charge is 0.363 e. The molecule has 126 valence electrons. The van der Waals surface area contributed by atoms with E-state index in [9.17, 15) is 9.59 Å². The number of halogens is 1. The Hall–Kier alpha value is -2.45. The summed E-state index contributed by atoms with van der Waals surface area (Å²) < 4.78 is 4.99. The zero-order chi connectivity index (χ0) is 17.3. The Kier molecular flexibility index (Phi) is 4.50. The number of hydrogen-bond donors (Lipinski definition) is 1. The number of aromatic nitrogens is 2. The number of carbonyl (C=O) groups is 2. The van der Waals surface area contributed by atoms with Gasteiger partial charge in [-0.25, -0.2) is 0 Å². The number of benzene rings is 1. The molecule has 0 radical (unpaired) electrons.